The molecule has 19 heavy (non-hydrogen) atoms. The van der Waals surface area contributed by atoms with E-state index in [9.17, 15) is 9.50 Å². The second kappa shape index (κ2) is 4.67. The highest BCUT2D eigenvalue weighted by molar-refractivity contribution is 5.40. The van der Waals surface area contributed by atoms with Crippen molar-refractivity contribution < 1.29 is 14.2 Å². The van der Waals surface area contributed by atoms with Gasteiger partial charge in [-0.15, -0.1) is 0 Å². The third-order valence-electron chi connectivity index (χ3n) is 3.57. The first-order valence-corrected chi connectivity index (χ1v) is 6.35. The lowest BCUT2D eigenvalue weighted by molar-refractivity contribution is 0.0650. The lowest BCUT2D eigenvalue weighted by Crippen LogP contribution is -2.19. The highest BCUT2D eigenvalue weighted by Crippen LogP contribution is 2.41. The average Bonchev–Trinajstić information content (AvgIpc) is 2.40. The molecule has 1 heterocycles. The van der Waals surface area contributed by atoms with Crippen molar-refractivity contribution in [2.75, 3.05) is 0 Å². The maximum Gasteiger partial charge on any atom is 0.127 e. The number of aryl methyl sites for hydroxylation is 1. The summed E-state index contributed by atoms with van der Waals surface area (Å²) < 4.78 is 19.1. The molecule has 1 aliphatic heterocycles. The van der Waals surface area contributed by atoms with Crippen molar-refractivity contribution in [3.63, 3.8) is 0 Å². The number of ether oxygens (including phenoxy) is 1. The van der Waals surface area contributed by atoms with E-state index in [1.807, 2.05) is 31.2 Å². The molecule has 2 aromatic rings. The zero-order chi connectivity index (χ0) is 13.4. The molecule has 3 heteroatoms. The molecule has 0 radical (unpaired) electrons. The summed E-state index contributed by atoms with van der Waals surface area (Å²) in [5.41, 5.74) is 2.73. The van der Waals surface area contributed by atoms with Crippen molar-refractivity contribution in [1.82, 2.24) is 0 Å². The summed E-state index contributed by atoms with van der Waals surface area (Å²) >= 11 is 0. The van der Waals surface area contributed by atoms with E-state index < -0.39 is 6.10 Å². The molecule has 1 aliphatic rings. The predicted octanol–water partition coefficient (Wildman–Crippen LogP) is 3.69. The summed E-state index contributed by atoms with van der Waals surface area (Å²) in [5.74, 6) is 0.212. The van der Waals surface area contributed by atoms with Gasteiger partial charge >= 0.3 is 0 Å². The van der Waals surface area contributed by atoms with Gasteiger partial charge in [-0.25, -0.2) is 4.39 Å². The van der Waals surface area contributed by atoms with Gasteiger partial charge in [-0.2, -0.15) is 0 Å². The molecule has 0 aliphatic carbocycles. The van der Waals surface area contributed by atoms with Crippen LogP contribution in [0.1, 0.15) is 35.3 Å². The van der Waals surface area contributed by atoms with Crippen LogP contribution < -0.4 is 4.74 Å². The fourth-order valence-electron chi connectivity index (χ4n) is 2.56. The molecule has 0 spiro atoms. The topological polar surface area (TPSA) is 29.5 Å². The number of aliphatic hydroxyl groups is 1. The molecule has 0 saturated heterocycles. The number of halogens is 1. The summed E-state index contributed by atoms with van der Waals surface area (Å²) in [5, 5.41) is 10.2. The summed E-state index contributed by atoms with van der Waals surface area (Å²) in [6.45, 7) is 2.02. The van der Waals surface area contributed by atoms with Gasteiger partial charge in [-0.3, -0.25) is 0 Å². The summed E-state index contributed by atoms with van der Waals surface area (Å²) in [6.07, 6.45) is -0.431. The number of hydrogen-bond acceptors (Lipinski definition) is 2. The molecule has 98 valence electrons. The minimum Gasteiger partial charge on any atom is -0.485 e. The Morgan fingerprint density at radius 3 is 2.74 bits per heavy atom. The highest BCUT2D eigenvalue weighted by atomic mass is 19.1. The fraction of sp³-hybridized carbons (Fsp3) is 0.250. The summed E-state index contributed by atoms with van der Waals surface area (Å²) in [4.78, 5) is 0. The van der Waals surface area contributed by atoms with Crippen LogP contribution in [0.15, 0.2) is 42.5 Å². The smallest absolute Gasteiger partial charge is 0.127 e. The van der Waals surface area contributed by atoms with Crippen LogP contribution in [0.4, 0.5) is 4.39 Å². The zero-order valence-electron chi connectivity index (χ0n) is 10.6. The van der Waals surface area contributed by atoms with Crippen LogP contribution in [0.25, 0.3) is 0 Å². The first kappa shape index (κ1) is 12.2. The lowest BCUT2D eigenvalue weighted by Gasteiger charge is -2.30. The van der Waals surface area contributed by atoms with E-state index in [1.165, 1.54) is 12.1 Å². The molecule has 0 aromatic heterocycles. The quantitative estimate of drug-likeness (QED) is 0.845. The van der Waals surface area contributed by atoms with E-state index in [4.69, 9.17) is 4.74 Å². The van der Waals surface area contributed by atoms with Gasteiger partial charge < -0.3 is 9.84 Å². The largest absolute Gasteiger partial charge is 0.485 e. The molecule has 1 N–H and O–H groups in total. The fourth-order valence-corrected chi connectivity index (χ4v) is 2.56. The number of aliphatic hydroxyl groups excluding tert-OH is 1. The normalized spacial score (nSPS) is 21.6. The van der Waals surface area contributed by atoms with Crippen LogP contribution >= 0.6 is 0 Å². The first-order chi connectivity index (χ1) is 9.15. The van der Waals surface area contributed by atoms with Crippen LogP contribution in [0.2, 0.25) is 0 Å². The Labute approximate surface area is 111 Å². The van der Waals surface area contributed by atoms with E-state index >= 15 is 0 Å². The molecular weight excluding hydrogens is 243 g/mol. The lowest BCUT2D eigenvalue weighted by atomic mass is 9.93. The minimum atomic E-state index is -0.691. The monoisotopic (exact) mass is 258 g/mol. The van der Waals surface area contributed by atoms with Crippen molar-refractivity contribution in [3.8, 4) is 5.75 Å². The van der Waals surface area contributed by atoms with Crippen LogP contribution in [0.3, 0.4) is 0 Å². The highest BCUT2D eigenvalue weighted by Gasteiger charge is 2.28. The number of rotatable bonds is 1. The van der Waals surface area contributed by atoms with Gasteiger partial charge in [0.2, 0.25) is 0 Å². The molecule has 1 unspecified atom stereocenters. The van der Waals surface area contributed by atoms with E-state index in [2.05, 4.69) is 0 Å². The van der Waals surface area contributed by atoms with Crippen molar-refractivity contribution in [3.05, 3.63) is 65.0 Å². The minimum absolute atomic E-state index is 0.186. The Balaban J connectivity index is 1.97. The first-order valence-electron chi connectivity index (χ1n) is 6.35. The predicted molar refractivity (Wildman–Crippen MR) is 70.5 cm³/mol. The summed E-state index contributed by atoms with van der Waals surface area (Å²) in [6, 6.07) is 12.2. The SMILES string of the molecule is Cc1ccccc1C1C[C@@H](O)c2cc(F)ccc2O1. The van der Waals surface area contributed by atoms with Crippen LogP contribution in [0.5, 0.6) is 5.75 Å². The average molecular weight is 258 g/mol. The van der Waals surface area contributed by atoms with Gasteiger partial charge in [-0.05, 0) is 36.2 Å². The van der Waals surface area contributed by atoms with E-state index in [0.717, 1.165) is 11.1 Å². The zero-order valence-corrected chi connectivity index (χ0v) is 10.6. The van der Waals surface area contributed by atoms with Crippen molar-refractivity contribution >= 4 is 0 Å². The molecule has 0 amide bonds. The van der Waals surface area contributed by atoms with E-state index in [0.29, 0.717) is 17.7 Å². The van der Waals surface area contributed by atoms with Crippen LogP contribution in [-0.2, 0) is 0 Å². The third-order valence-corrected chi connectivity index (χ3v) is 3.57. The van der Waals surface area contributed by atoms with Crippen molar-refractivity contribution in [1.29, 1.82) is 0 Å². The second-order valence-electron chi connectivity index (χ2n) is 4.90. The number of benzene rings is 2. The Bertz CT molecular complexity index is 609. The van der Waals surface area contributed by atoms with Crippen LogP contribution in [0, 0.1) is 12.7 Å². The van der Waals surface area contributed by atoms with Gasteiger partial charge in [0.15, 0.2) is 0 Å². The van der Waals surface area contributed by atoms with Crippen LogP contribution in [-0.4, -0.2) is 5.11 Å². The Morgan fingerprint density at radius 2 is 1.95 bits per heavy atom. The maximum atomic E-state index is 13.2. The standard InChI is InChI=1S/C16H15FO2/c1-10-4-2-3-5-12(10)16-9-14(18)13-8-11(17)6-7-15(13)19-16/h2-8,14,16,18H,9H2,1H3/t14-,16?/m1/s1. The van der Waals surface area contributed by atoms with Gasteiger partial charge in [0, 0.05) is 12.0 Å². The van der Waals surface area contributed by atoms with Gasteiger partial charge in [0.25, 0.3) is 0 Å². The van der Waals surface area contributed by atoms with E-state index in [-0.39, 0.29) is 11.9 Å². The molecular formula is C16H15FO2. The third kappa shape index (κ3) is 2.22. The van der Waals surface area contributed by atoms with Gasteiger partial charge in [0.05, 0.1) is 6.10 Å². The van der Waals surface area contributed by atoms with E-state index in [1.54, 1.807) is 6.07 Å². The molecule has 2 atom stereocenters. The Kier molecular flexibility index (Phi) is 2.99. The molecule has 0 saturated carbocycles. The molecule has 2 aromatic carbocycles. The molecule has 3 rings (SSSR count). The molecule has 2 nitrogen and oxygen atoms in total. The molecule has 0 bridgehead atoms. The van der Waals surface area contributed by atoms with Crippen molar-refractivity contribution in [2.24, 2.45) is 0 Å². The Morgan fingerprint density at radius 1 is 1.16 bits per heavy atom. The van der Waals surface area contributed by atoms with Gasteiger partial charge in [0.1, 0.15) is 17.7 Å². The van der Waals surface area contributed by atoms with Crippen molar-refractivity contribution in [2.45, 2.75) is 25.6 Å². The maximum absolute atomic E-state index is 13.2. The summed E-state index contributed by atoms with van der Waals surface area (Å²) in [7, 11) is 0. The van der Waals surface area contributed by atoms with Gasteiger partial charge in [-0.1, -0.05) is 24.3 Å². The Hall–Kier alpha value is -1.87. The number of fused-ring (bicyclic) bond motifs is 1. The second-order valence-corrected chi connectivity index (χ2v) is 4.90. The number of hydrogen-bond donors (Lipinski definition) is 1. The molecule has 0 fully saturated rings.